The van der Waals surface area contributed by atoms with Gasteiger partial charge >= 0.3 is 0 Å². The molecule has 0 bridgehead atoms. The van der Waals surface area contributed by atoms with E-state index in [1.165, 1.54) is 5.56 Å². The first-order chi connectivity index (χ1) is 11.2. The Bertz CT molecular complexity index is 698. The maximum absolute atomic E-state index is 12.7. The number of rotatable bonds is 3. The predicted octanol–water partition coefficient (Wildman–Crippen LogP) is 1.30. The van der Waals surface area contributed by atoms with Crippen LogP contribution in [0.2, 0.25) is 0 Å². The van der Waals surface area contributed by atoms with Crippen molar-refractivity contribution in [3.63, 3.8) is 0 Å². The summed E-state index contributed by atoms with van der Waals surface area (Å²) in [5.41, 5.74) is 1.79. The molecule has 0 radical (unpaired) electrons. The van der Waals surface area contributed by atoms with E-state index >= 15 is 0 Å². The second kappa shape index (κ2) is 5.77. The second-order valence-electron chi connectivity index (χ2n) is 6.42. The fraction of sp³-hybridized carbons (Fsp3) is 0.471. The lowest BCUT2D eigenvalue weighted by Gasteiger charge is -2.25. The van der Waals surface area contributed by atoms with Crippen molar-refractivity contribution in [2.75, 3.05) is 13.1 Å². The van der Waals surface area contributed by atoms with E-state index in [0.29, 0.717) is 17.8 Å². The molecule has 2 aliphatic heterocycles. The van der Waals surface area contributed by atoms with Gasteiger partial charge in [-0.3, -0.25) is 19.4 Å². The molecule has 2 aromatic heterocycles. The lowest BCUT2D eigenvalue weighted by atomic mass is 10.1. The number of aromatic nitrogens is 3. The quantitative estimate of drug-likeness (QED) is 0.857. The molecule has 4 heterocycles. The molecule has 0 aliphatic carbocycles. The first kappa shape index (κ1) is 14.4. The first-order valence-electron chi connectivity index (χ1n) is 8.16. The number of fused-ring (bicyclic) bond motifs is 1. The van der Waals surface area contributed by atoms with Crippen LogP contribution >= 0.6 is 0 Å². The number of aryl methyl sites for hydroxylation is 1. The van der Waals surface area contributed by atoms with Crippen LogP contribution in [0.5, 0.6) is 0 Å². The number of hydrogen-bond donors (Lipinski definition) is 0. The molecule has 0 spiro atoms. The fourth-order valence-electron chi connectivity index (χ4n) is 3.95. The van der Waals surface area contributed by atoms with Gasteiger partial charge in [-0.15, -0.1) is 0 Å². The SMILES string of the molecule is Cn1cc(CN2CC[C@@H]3[C@@H]2CCN3C(=O)c2ccccn2)cn1. The number of pyridine rings is 1. The average Bonchev–Trinajstić information content (AvgIpc) is 3.26. The molecule has 2 saturated heterocycles. The molecule has 1 amide bonds. The summed E-state index contributed by atoms with van der Waals surface area (Å²) in [6.07, 6.45) is 7.77. The number of hydrogen-bond acceptors (Lipinski definition) is 4. The maximum atomic E-state index is 12.7. The Morgan fingerprint density at radius 2 is 2.13 bits per heavy atom. The molecule has 4 rings (SSSR count). The lowest BCUT2D eigenvalue weighted by molar-refractivity contribution is 0.0726. The van der Waals surface area contributed by atoms with Gasteiger partial charge in [0.25, 0.3) is 5.91 Å². The van der Waals surface area contributed by atoms with Gasteiger partial charge in [0, 0.05) is 56.7 Å². The van der Waals surface area contributed by atoms with Crippen molar-refractivity contribution in [2.45, 2.75) is 31.5 Å². The Hall–Kier alpha value is -2.21. The summed E-state index contributed by atoms with van der Waals surface area (Å²) in [7, 11) is 1.94. The van der Waals surface area contributed by atoms with Gasteiger partial charge in [0.15, 0.2) is 0 Å². The van der Waals surface area contributed by atoms with Crippen LogP contribution in [0.25, 0.3) is 0 Å². The van der Waals surface area contributed by atoms with Crippen LogP contribution in [0.4, 0.5) is 0 Å². The monoisotopic (exact) mass is 311 g/mol. The molecule has 0 aromatic carbocycles. The Morgan fingerprint density at radius 3 is 2.87 bits per heavy atom. The maximum Gasteiger partial charge on any atom is 0.272 e. The van der Waals surface area contributed by atoms with Crippen LogP contribution in [-0.2, 0) is 13.6 Å². The van der Waals surface area contributed by atoms with Crippen molar-refractivity contribution < 1.29 is 4.79 Å². The Morgan fingerprint density at radius 1 is 1.26 bits per heavy atom. The smallest absolute Gasteiger partial charge is 0.272 e. The minimum Gasteiger partial charge on any atom is -0.333 e. The molecule has 0 saturated carbocycles. The highest BCUT2D eigenvalue weighted by molar-refractivity contribution is 5.92. The number of amides is 1. The Labute approximate surface area is 135 Å². The summed E-state index contributed by atoms with van der Waals surface area (Å²) in [4.78, 5) is 21.4. The van der Waals surface area contributed by atoms with E-state index in [0.717, 1.165) is 32.5 Å². The van der Waals surface area contributed by atoms with Crippen LogP contribution in [0, 0.1) is 0 Å². The number of carbonyl (C=O) groups is 1. The van der Waals surface area contributed by atoms with E-state index in [9.17, 15) is 4.79 Å². The fourth-order valence-corrected chi connectivity index (χ4v) is 3.95. The lowest BCUT2D eigenvalue weighted by Crippen LogP contribution is -2.39. The normalized spacial score (nSPS) is 24.1. The topological polar surface area (TPSA) is 54.3 Å². The average molecular weight is 311 g/mol. The highest BCUT2D eigenvalue weighted by atomic mass is 16.2. The predicted molar refractivity (Wildman–Crippen MR) is 85.7 cm³/mol. The third-order valence-corrected chi connectivity index (χ3v) is 4.98. The van der Waals surface area contributed by atoms with Gasteiger partial charge in [0.05, 0.1) is 6.20 Å². The third-order valence-electron chi connectivity index (χ3n) is 4.98. The summed E-state index contributed by atoms with van der Waals surface area (Å²) in [6.45, 7) is 2.78. The van der Waals surface area contributed by atoms with Crippen molar-refractivity contribution in [3.8, 4) is 0 Å². The van der Waals surface area contributed by atoms with E-state index in [4.69, 9.17) is 0 Å². The summed E-state index contributed by atoms with van der Waals surface area (Å²) >= 11 is 0. The number of nitrogens with zero attached hydrogens (tertiary/aromatic N) is 5. The van der Waals surface area contributed by atoms with E-state index < -0.39 is 0 Å². The molecule has 2 atom stereocenters. The zero-order chi connectivity index (χ0) is 15.8. The van der Waals surface area contributed by atoms with Crippen molar-refractivity contribution >= 4 is 5.91 Å². The zero-order valence-electron chi connectivity index (χ0n) is 13.3. The van der Waals surface area contributed by atoms with Crippen LogP contribution in [0.3, 0.4) is 0 Å². The van der Waals surface area contributed by atoms with Gasteiger partial charge < -0.3 is 4.90 Å². The molecular weight excluding hydrogens is 290 g/mol. The molecule has 6 heteroatoms. The highest BCUT2D eigenvalue weighted by Crippen LogP contribution is 2.33. The van der Waals surface area contributed by atoms with E-state index in [1.54, 1.807) is 12.3 Å². The number of carbonyl (C=O) groups excluding carboxylic acids is 1. The summed E-state index contributed by atoms with van der Waals surface area (Å²) in [5.74, 6) is 0.0707. The van der Waals surface area contributed by atoms with Gasteiger partial charge in [-0.25, -0.2) is 0 Å². The molecule has 2 fully saturated rings. The molecule has 2 aliphatic rings. The minimum absolute atomic E-state index is 0.0707. The van der Waals surface area contributed by atoms with Crippen molar-refractivity contribution in [3.05, 3.63) is 48.0 Å². The molecule has 120 valence electrons. The van der Waals surface area contributed by atoms with E-state index in [1.807, 2.05) is 35.0 Å². The molecule has 2 aromatic rings. The van der Waals surface area contributed by atoms with Gasteiger partial charge in [-0.05, 0) is 25.0 Å². The summed E-state index contributed by atoms with van der Waals surface area (Å²) in [5, 5.41) is 4.24. The van der Waals surface area contributed by atoms with Gasteiger partial charge in [0.2, 0.25) is 0 Å². The first-order valence-corrected chi connectivity index (χ1v) is 8.16. The van der Waals surface area contributed by atoms with E-state index in [2.05, 4.69) is 21.2 Å². The van der Waals surface area contributed by atoms with Crippen LogP contribution in [0.15, 0.2) is 36.8 Å². The van der Waals surface area contributed by atoms with Crippen LogP contribution in [0.1, 0.15) is 28.9 Å². The summed E-state index contributed by atoms with van der Waals surface area (Å²) < 4.78 is 1.84. The van der Waals surface area contributed by atoms with E-state index in [-0.39, 0.29) is 5.91 Å². The standard InChI is InChI=1S/C17H21N5O/c1-20-11-13(10-19-20)12-21-8-5-16-15(21)6-9-22(16)17(23)14-4-2-3-7-18-14/h2-4,7,10-11,15-16H,5-6,8-9,12H2,1H3/t15-,16+/m0/s1. The number of likely N-dealkylation sites (tertiary alicyclic amines) is 2. The van der Waals surface area contributed by atoms with Gasteiger partial charge in [-0.1, -0.05) is 6.07 Å². The van der Waals surface area contributed by atoms with Crippen molar-refractivity contribution in [2.24, 2.45) is 7.05 Å². The molecule has 0 N–H and O–H groups in total. The Balaban J connectivity index is 1.46. The van der Waals surface area contributed by atoms with Crippen molar-refractivity contribution in [1.82, 2.24) is 24.6 Å². The minimum atomic E-state index is 0.0707. The third kappa shape index (κ3) is 2.63. The zero-order valence-corrected chi connectivity index (χ0v) is 13.3. The van der Waals surface area contributed by atoms with Gasteiger partial charge in [0.1, 0.15) is 5.69 Å². The van der Waals surface area contributed by atoms with Crippen LogP contribution < -0.4 is 0 Å². The highest BCUT2D eigenvalue weighted by Gasteiger charge is 2.44. The molecule has 0 unspecified atom stereocenters. The molecular formula is C17H21N5O. The molecule has 6 nitrogen and oxygen atoms in total. The summed E-state index contributed by atoms with van der Waals surface area (Å²) in [6, 6.07) is 6.30. The van der Waals surface area contributed by atoms with Crippen molar-refractivity contribution in [1.29, 1.82) is 0 Å². The second-order valence-corrected chi connectivity index (χ2v) is 6.42. The van der Waals surface area contributed by atoms with Crippen LogP contribution in [-0.4, -0.2) is 55.6 Å². The molecule has 23 heavy (non-hydrogen) atoms. The van der Waals surface area contributed by atoms with Gasteiger partial charge in [-0.2, -0.15) is 5.10 Å². The largest absolute Gasteiger partial charge is 0.333 e. The Kier molecular flexibility index (Phi) is 3.61.